The molecule has 0 saturated carbocycles. The van der Waals surface area contributed by atoms with E-state index < -0.39 is 47.8 Å². The van der Waals surface area contributed by atoms with Crippen molar-refractivity contribution in [1.29, 1.82) is 0 Å². The molecule has 0 aliphatic carbocycles. The minimum atomic E-state index is -0.905. The summed E-state index contributed by atoms with van der Waals surface area (Å²) in [4.78, 5) is 34.1. The van der Waals surface area contributed by atoms with E-state index in [2.05, 4.69) is 0 Å². The van der Waals surface area contributed by atoms with Gasteiger partial charge in [0.25, 0.3) is 0 Å². The Hall–Kier alpha value is -1.28. The van der Waals surface area contributed by atoms with Crippen LogP contribution in [0.1, 0.15) is 34.6 Å². The van der Waals surface area contributed by atoms with Crippen molar-refractivity contribution in [3.8, 4) is 0 Å². The number of rotatable bonds is 5. The van der Waals surface area contributed by atoms with E-state index in [1.54, 1.807) is 6.92 Å². The number of hydrogen-bond donors (Lipinski definition) is 0. The summed E-state index contributed by atoms with van der Waals surface area (Å²) < 4.78 is 21.6. The number of hydrogen-bond acceptors (Lipinski definition) is 8. The molecular formula is C14H22O7S. The molecule has 126 valence electrons. The average Bonchev–Trinajstić information content (AvgIpc) is 2.37. The number of esters is 3. The second-order valence-corrected chi connectivity index (χ2v) is 6.26. The maximum Gasteiger partial charge on any atom is 0.303 e. The zero-order chi connectivity index (χ0) is 16.9. The van der Waals surface area contributed by atoms with Gasteiger partial charge in [0.1, 0.15) is 5.44 Å². The third-order valence-corrected chi connectivity index (χ3v) is 4.01. The summed E-state index contributed by atoms with van der Waals surface area (Å²) in [6.45, 7) is 7.42. The Balaban J connectivity index is 3.09. The van der Waals surface area contributed by atoms with Gasteiger partial charge in [0.15, 0.2) is 18.3 Å². The molecule has 7 nitrogen and oxygen atoms in total. The van der Waals surface area contributed by atoms with E-state index in [1.165, 1.54) is 32.5 Å². The van der Waals surface area contributed by atoms with Crippen LogP contribution in [0.3, 0.4) is 0 Å². The second kappa shape index (κ2) is 8.38. The lowest BCUT2D eigenvalue weighted by molar-refractivity contribution is -0.228. The predicted octanol–water partition coefficient (Wildman–Crippen LogP) is 1.28. The van der Waals surface area contributed by atoms with Crippen molar-refractivity contribution in [3.05, 3.63) is 0 Å². The molecule has 5 atom stereocenters. The molecule has 1 aliphatic heterocycles. The van der Waals surface area contributed by atoms with Gasteiger partial charge in [-0.05, 0) is 12.7 Å². The third-order valence-electron chi connectivity index (χ3n) is 2.96. The van der Waals surface area contributed by atoms with Gasteiger partial charge in [0.2, 0.25) is 0 Å². The highest BCUT2D eigenvalue weighted by atomic mass is 32.2. The van der Waals surface area contributed by atoms with E-state index in [0.29, 0.717) is 0 Å². The van der Waals surface area contributed by atoms with Crippen molar-refractivity contribution < 1.29 is 33.3 Å². The van der Waals surface area contributed by atoms with Crippen LogP contribution in [0.4, 0.5) is 0 Å². The molecule has 0 spiro atoms. The number of ether oxygens (including phenoxy) is 4. The standard InChI is InChI=1S/C14H22O7S/c1-6-22-14-13(21-10(5)17)12(20-9(4)16)11(7(2)18-14)19-8(3)15/h7,11-14H,6H2,1-5H3/t7-,11-,12+,13-,14-/m0/s1. The normalized spacial score (nSPS) is 31.2. The molecule has 1 aliphatic rings. The summed E-state index contributed by atoms with van der Waals surface area (Å²) in [5.41, 5.74) is -0.500. The van der Waals surface area contributed by atoms with Crippen molar-refractivity contribution in [2.75, 3.05) is 5.75 Å². The van der Waals surface area contributed by atoms with Gasteiger partial charge in [-0.25, -0.2) is 0 Å². The second-order valence-electron chi connectivity index (χ2n) is 4.89. The molecular weight excluding hydrogens is 312 g/mol. The molecule has 1 rings (SSSR count). The molecule has 8 heteroatoms. The zero-order valence-electron chi connectivity index (χ0n) is 13.4. The minimum Gasteiger partial charge on any atom is -0.456 e. The first-order valence-electron chi connectivity index (χ1n) is 7.05. The maximum atomic E-state index is 11.4. The fourth-order valence-electron chi connectivity index (χ4n) is 2.27. The van der Waals surface area contributed by atoms with Gasteiger partial charge in [0, 0.05) is 20.8 Å². The first-order chi connectivity index (χ1) is 10.3. The van der Waals surface area contributed by atoms with Gasteiger partial charge in [0.05, 0.1) is 6.10 Å². The van der Waals surface area contributed by atoms with Crippen LogP contribution < -0.4 is 0 Å². The van der Waals surface area contributed by atoms with Gasteiger partial charge >= 0.3 is 17.9 Å². The number of thioether (sulfide) groups is 1. The van der Waals surface area contributed by atoms with Crippen LogP contribution >= 0.6 is 11.8 Å². The first kappa shape index (κ1) is 18.8. The fourth-order valence-corrected chi connectivity index (χ4v) is 3.25. The Kier molecular flexibility index (Phi) is 7.15. The highest BCUT2D eigenvalue weighted by Crippen LogP contribution is 2.33. The summed E-state index contributed by atoms with van der Waals surface area (Å²) in [7, 11) is 0. The van der Waals surface area contributed by atoms with Crippen LogP contribution in [0.25, 0.3) is 0 Å². The molecule has 0 radical (unpaired) electrons. The van der Waals surface area contributed by atoms with Crippen molar-refractivity contribution in [3.63, 3.8) is 0 Å². The first-order valence-corrected chi connectivity index (χ1v) is 8.09. The van der Waals surface area contributed by atoms with E-state index in [1.807, 2.05) is 6.92 Å². The van der Waals surface area contributed by atoms with Crippen molar-refractivity contribution >= 4 is 29.7 Å². The Morgan fingerprint density at radius 3 is 1.82 bits per heavy atom. The van der Waals surface area contributed by atoms with E-state index in [4.69, 9.17) is 18.9 Å². The van der Waals surface area contributed by atoms with Gasteiger partial charge in [-0.2, -0.15) is 0 Å². The molecule has 0 amide bonds. The van der Waals surface area contributed by atoms with Crippen LogP contribution in [-0.2, 0) is 33.3 Å². The van der Waals surface area contributed by atoms with Crippen LogP contribution in [0.2, 0.25) is 0 Å². The topological polar surface area (TPSA) is 88.1 Å². The Morgan fingerprint density at radius 2 is 1.36 bits per heavy atom. The lowest BCUT2D eigenvalue weighted by atomic mass is 10.00. The maximum absolute atomic E-state index is 11.4. The fraction of sp³-hybridized carbons (Fsp3) is 0.786. The van der Waals surface area contributed by atoms with Crippen molar-refractivity contribution in [2.45, 2.75) is 64.5 Å². The lowest BCUT2D eigenvalue weighted by Gasteiger charge is -2.43. The Labute approximate surface area is 134 Å². The number of carbonyl (C=O) groups excluding carboxylic acids is 3. The molecule has 0 unspecified atom stereocenters. The molecule has 1 heterocycles. The molecule has 1 saturated heterocycles. The molecule has 0 N–H and O–H groups in total. The van der Waals surface area contributed by atoms with E-state index in [-0.39, 0.29) is 0 Å². The summed E-state index contributed by atoms with van der Waals surface area (Å²) in [5.74, 6) is -0.877. The summed E-state index contributed by atoms with van der Waals surface area (Å²) in [5, 5.41) is 0. The quantitative estimate of drug-likeness (QED) is 0.549. The molecule has 1 fully saturated rings. The third kappa shape index (κ3) is 5.17. The molecule has 0 bridgehead atoms. The van der Waals surface area contributed by atoms with Gasteiger partial charge in [-0.1, -0.05) is 6.92 Å². The largest absolute Gasteiger partial charge is 0.456 e. The molecule has 0 aromatic carbocycles. The van der Waals surface area contributed by atoms with Crippen molar-refractivity contribution in [1.82, 2.24) is 0 Å². The van der Waals surface area contributed by atoms with Gasteiger partial charge in [-0.3, -0.25) is 14.4 Å². The minimum absolute atomic E-state index is 0.496. The van der Waals surface area contributed by atoms with Gasteiger partial charge in [-0.15, -0.1) is 11.8 Å². The van der Waals surface area contributed by atoms with Crippen LogP contribution in [0, 0.1) is 0 Å². The van der Waals surface area contributed by atoms with Crippen LogP contribution in [0.5, 0.6) is 0 Å². The van der Waals surface area contributed by atoms with E-state index in [9.17, 15) is 14.4 Å². The smallest absolute Gasteiger partial charge is 0.303 e. The average molecular weight is 334 g/mol. The molecule has 0 aromatic heterocycles. The Bertz CT molecular complexity index is 425. The summed E-state index contributed by atoms with van der Waals surface area (Å²) in [6, 6.07) is 0. The number of carbonyl (C=O) groups is 3. The van der Waals surface area contributed by atoms with E-state index >= 15 is 0 Å². The highest BCUT2D eigenvalue weighted by Gasteiger charge is 2.50. The van der Waals surface area contributed by atoms with Crippen LogP contribution in [0.15, 0.2) is 0 Å². The van der Waals surface area contributed by atoms with E-state index in [0.717, 1.165) is 5.75 Å². The van der Waals surface area contributed by atoms with Crippen molar-refractivity contribution in [2.24, 2.45) is 0 Å². The lowest BCUT2D eigenvalue weighted by Crippen LogP contribution is -2.59. The summed E-state index contributed by atoms with van der Waals surface area (Å²) >= 11 is 1.43. The molecule has 0 aromatic rings. The van der Waals surface area contributed by atoms with Crippen LogP contribution in [-0.4, -0.2) is 53.5 Å². The predicted molar refractivity (Wildman–Crippen MR) is 79.1 cm³/mol. The monoisotopic (exact) mass is 334 g/mol. The zero-order valence-corrected chi connectivity index (χ0v) is 14.2. The Morgan fingerprint density at radius 1 is 0.909 bits per heavy atom. The van der Waals surface area contributed by atoms with Gasteiger partial charge < -0.3 is 18.9 Å². The SMILES string of the molecule is CCS[C@@H]1O[C@@H](C)[C@H](OC(C)=O)[C@@H](OC(C)=O)[C@@H]1OC(C)=O. The molecule has 22 heavy (non-hydrogen) atoms. The summed E-state index contributed by atoms with van der Waals surface area (Å²) in [6.07, 6.45) is -3.08. The highest BCUT2D eigenvalue weighted by molar-refractivity contribution is 7.99.